The second-order valence-electron chi connectivity index (χ2n) is 3.61. The second kappa shape index (κ2) is 6.61. The number of thioether (sulfide) groups is 1. The van der Waals surface area contributed by atoms with E-state index in [1.165, 1.54) is 11.8 Å². The van der Waals surface area contributed by atoms with Gasteiger partial charge in [0.05, 0.1) is 0 Å². The van der Waals surface area contributed by atoms with Gasteiger partial charge in [0.25, 0.3) is 0 Å². The molecule has 0 unspecified atom stereocenters. The molecule has 0 aliphatic carbocycles. The van der Waals surface area contributed by atoms with E-state index in [1.807, 2.05) is 18.4 Å². The number of aromatic nitrogens is 3. The Hall–Kier alpha value is -1.49. The molecule has 5 nitrogen and oxygen atoms in total. The van der Waals surface area contributed by atoms with Crippen LogP contribution in [-0.2, 0) is 12.3 Å². The number of aromatic amines is 1. The third kappa shape index (κ3) is 3.50. The van der Waals surface area contributed by atoms with Gasteiger partial charge < -0.3 is 5.11 Å². The first kappa shape index (κ1) is 13.9. The summed E-state index contributed by atoms with van der Waals surface area (Å²) < 4.78 is 1.60. The molecule has 0 saturated carbocycles. The summed E-state index contributed by atoms with van der Waals surface area (Å²) in [5.74, 6) is 6.23. The van der Waals surface area contributed by atoms with Crippen LogP contribution in [0, 0.1) is 11.8 Å². The quantitative estimate of drug-likeness (QED) is 0.658. The number of aliphatic hydroxyl groups excluding tert-OH is 1. The first-order chi connectivity index (χ1) is 9.24. The molecule has 0 amide bonds. The molecule has 0 fully saturated rings. The minimum absolute atomic E-state index is 0.129. The highest BCUT2D eigenvalue weighted by atomic mass is 32.2. The van der Waals surface area contributed by atoms with Gasteiger partial charge in [-0.05, 0) is 13.0 Å². The number of aliphatic hydroxyl groups is 1. The zero-order chi connectivity index (χ0) is 13.7. The molecule has 0 bridgehead atoms. The number of H-pyrrole nitrogens is 1. The van der Waals surface area contributed by atoms with Crippen molar-refractivity contribution in [2.45, 2.75) is 24.4 Å². The van der Waals surface area contributed by atoms with Crippen LogP contribution in [0.4, 0.5) is 0 Å². The lowest BCUT2D eigenvalue weighted by Gasteiger charge is -2.00. The van der Waals surface area contributed by atoms with E-state index >= 15 is 0 Å². The van der Waals surface area contributed by atoms with Crippen LogP contribution < -0.4 is 5.69 Å². The van der Waals surface area contributed by atoms with Crippen molar-refractivity contribution in [1.82, 2.24) is 14.8 Å². The Morgan fingerprint density at radius 3 is 3.21 bits per heavy atom. The van der Waals surface area contributed by atoms with Gasteiger partial charge in [-0.25, -0.2) is 9.89 Å². The van der Waals surface area contributed by atoms with E-state index < -0.39 is 0 Å². The minimum Gasteiger partial charge on any atom is -0.384 e. The van der Waals surface area contributed by atoms with Gasteiger partial charge in [0, 0.05) is 28.1 Å². The van der Waals surface area contributed by atoms with Crippen molar-refractivity contribution >= 4 is 23.1 Å². The first-order valence-electron chi connectivity index (χ1n) is 5.69. The van der Waals surface area contributed by atoms with Crippen molar-refractivity contribution in [3.8, 4) is 11.8 Å². The maximum Gasteiger partial charge on any atom is 0.343 e. The van der Waals surface area contributed by atoms with Gasteiger partial charge in [-0.2, -0.15) is 0 Å². The van der Waals surface area contributed by atoms with Crippen molar-refractivity contribution in [1.29, 1.82) is 0 Å². The summed E-state index contributed by atoms with van der Waals surface area (Å²) in [4.78, 5) is 12.6. The van der Waals surface area contributed by atoms with E-state index in [1.54, 1.807) is 15.9 Å². The normalized spacial score (nSPS) is 10.2. The van der Waals surface area contributed by atoms with Gasteiger partial charge in [0.15, 0.2) is 5.16 Å². The number of nitrogens with zero attached hydrogens (tertiary/aromatic N) is 2. The summed E-state index contributed by atoms with van der Waals surface area (Å²) in [7, 11) is 0. The third-order valence-electron chi connectivity index (χ3n) is 2.35. The maximum absolute atomic E-state index is 11.4. The Morgan fingerprint density at radius 2 is 2.47 bits per heavy atom. The molecule has 2 heterocycles. The molecule has 0 aliphatic heterocycles. The molecule has 0 aromatic carbocycles. The minimum atomic E-state index is -0.175. The summed E-state index contributed by atoms with van der Waals surface area (Å²) in [6.07, 6.45) is 0. The second-order valence-corrected chi connectivity index (χ2v) is 5.54. The van der Waals surface area contributed by atoms with Crippen LogP contribution in [0.2, 0.25) is 0 Å². The number of nitrogens with one attached hydrogen (secondary N) is 1. The summed E-state index contributed by atoms with van der Waals surface area (Å²) in [6, 6.07) is 1.99. The predicted molar refractivity (Wildman–Crippen MR) is 76.4 cm³/mol. The SMILES string of the molecule is CCn1c(SCc2cc(C#CCO)cs2)n[nH]c1=O. The lowest BCUT2D eigenvalue weighted by molar-refractivity contribution is 0.350. The third-order valence-corrected chi connectivity index (χ3v) is 4.49. The van der Waals surface area contributed by atoms with Crippen molar-refractivity contribution < 1.29 is 5.11 Å². The fourth-order valence-electron chi connectivity index (χ4n) is 1.49. The van der Waals surface area contributed by atoms with Gasteiger partial charge >= 0.3 is 5.69 Å². The molecule has 0 radical (unpaired) electrons. The zero-order valence-electron chi connectivity index (χ0n) is 10.3. The summed E-state index contributed by atoms with van der Waals surface area (Å²) in [5, 5.41) is 17.7. The molecule has 2 aromatic heterocycles. The van der Waals surface area contributed by atoms with E-state index in [4.69, 9.17) is 5.11 Å². The van der Waals surface area contributed by atoms with Crippen LogP contribution in [0.3, 0.4) is 0 Å². The van der Waals surface area contributed by atoms with Gasteiger partial charge in [0.1, 0.15) is 6.61 Å². The Bertz CT molecular complexity index is 660. The average molecular weight is 295 g/mol. The van der Waals surface area contributed by atoms with Crippen LogP contribution in [0.5, 0.6) is 0 Å². The Labute approximate surface area is 118 Å². The number of thiophene rings is 1. The monoisotopic (exact) mass is 295 g/mol. The van der Waals surface area contributed by atoms with Crippen molar-refractivity contribution in [3.63, 3.8) is 0 Å². The van der Waals surface area contributed by atoms with Gasteiger partial charge in [0.2, 0.25) is 0 Å². The summed E-state index contributed by atoms with van der Waals surface area (Å²) in [5.41, 5.74) is 0.732. The van der Waals surface area contributed by atoms with Crippen molar-refractivity contribution in [2.75, 3.05) is 6.61 Å². The molecule has 19 heavy (non-hydrogen) atoms. The Balaban J connectivity index is 2.02. The molecule has 0 saturated heterocycles. The fraction of sp³-hybridized carbons (Fsp3) is 0.333. The van der Waals surface area contributed by atoms with Crippen molar-refractivity contribution in [2.24, 2.45) is 0 Å². The molecular weight excluding hydrogens is 282 g/mol. The highest BCUT2D eigenvalue weighted by molar-refractivity contribution is 7.98. The van der Waals surface area contributed by atoms with E-state index in [0.29, 0.717) is 11.7 Å². The molecule has 2 rings (SSSR count). The molecular formula is C12H13N3O2S2. The number of hydrogen-bond donors (Lipinski definition) is 2. The molecule has 0 aliphatic rings. The molecule has 7 heteroatoms. The largest absolute Gasteiger partial charge is 0.384 e. The molecule has 2 N–H and O–H groups in total. The average Bonchev–Trinajstić information content (AvgIpc) is 3.00. The van der Waals surface area contributed by atoms with Crippen molar-refractivity contribution in [3.05, 3.63) is 32.4 Å². The maximum atomic E-state index is 11.4. The predicted octanol–water partition coefficient (Wildman–Crippen LogP) is 1.29. The summed E-state index contributed by atoms with van der Waals surface area (Å²) >= 11 is 3.13. The van der Waals surface area contributed by atoms with E-state index in [-0.39, 0.29) is 12.3 Å². The van der Waals surface area contributed by atoms with Crippen LogP contribution >= 0.6 is 23.1 Å². The van der Waals surface area contributed by atoms with E-state index in [2.05, 4.69) is 22.0 Å². The standard InChI is InChI=1S/C12H13N3O2S2/c1-2-15-11(17)13-14-12(15)19-8-10-6-9(7-18-10)4-3-5-16/h6-7,16H,2,5,8H2,1H3,(H,13,17). The lowest BCUT2D eigenvalue weighted by Crippen LogP contribution is -2.16. The molecule has 2 aromatic rings. The highest BCUT2D eigenvalue weighted by Gasteiger charge is 2.08. The Morgan fingerprint density at radius 1 is 1.63 bits per heavy atom. The fourth-order valence-corrected chi connectivity index (χ4v) is 3.37. The van der Waals surface area contributed by atoms with Crippen LogP contribution in [-0.4, -0.2) is 26.5 Å². The van der Waals surface area contributed by atoms with Crippen LogP contribution in [0.1, 0.15) is 17.4 Å². The topological polar surface area (TPSA) is 70.9 Å². The highest BCUT2D eigenvalue weighted by Crippen LogP contribution is 2.24. The zero-order valence-corrected chi connectivity index (χ0v) is 12.0. The summed E-state index contributed by atoms with van der Waals surface area (Å²) in [6.45, 7) is 2.39. The number of hydrogen-bond acceptors (Lipinski definition) is 5. The van der Waals surface area contributed by atoms with Crippen LogP contribution in [0.15, 0.2) is 21.4 Å². The van der Waals surface area contributed by atoms with Gasteiger partial charge in [-0.1, -0.05) is 23.6 Å². The Kier molecular flexibility index (Phi) is 4.85. The first-order valence-corrected chi connectivity index (χ1v) is 7.56. The molecule has 0 atom stereocenters. The molecule has 100 valence electrons. The number of rotatable bonds is 4. The van der Waals surface area contributed by atoms with E-state index in [0.717, 1.165) is 16.2 Å². The van der Waals surface area contributed by atoms with Gasteiger partial charge in [-0.15, -0.1) is 16.4 Å². The van der Waals surface area contributed by atoms with E-state index in [9.17, 15) is 4.79 Å². The molecule has 0 spiro atoms. The smallest absolute Gasteiger partial charge is 0.343 e. The van der Waals surface area contributed by atoms with Gasteiger partial charge in [-0.3, -0.25) is 4.57 Å². The lowest BCUT2D eigenvalue weighted by atomic mass is 10.3. The van der Waals surface area contributed by atoms with Crippen LogP contribution in [0.25, 0.3) is 0 Å².